The first-order chi connectivity index (χ1) is 9.17. The van der Waals surface area contributed by atoms with Crippen LogP contribution in [0.4, 0.5) is 0 Å². The number of aryl methyl sites for hydroxylation is 1. The van der Waals surface area contributed by atoms with Crippen LogP contribution in [0.1, 0.15) is 17.8 Å². The van der Waals surface area contributed by atoms with Gasteiger partial charge in [-0.3, -0.25) is 0 Å². The fraction of sp³-hybridized carbons (Fsp3) is 0.231. The van der Waals surface area contributed by atoms with Gasteiger partial charge < -0.3 is 20.2 Å². The smallest absolute Gasteiger partial charge is 0.192 e. The van der Waals surface area contributed by atoms with Gasteiger partial charge in [0, 0.05) is 12.5 Å². The van der Waals surface area contributed by atoms with Crippen molar-refractivity contribution >= 4 is 11.1 Å². The van der Waals surface area contributed by atoms with E-state index in [9.17, 15) is 0 Å². The number of imidazole rings is 1. The largest absolute Gasteiger partial charge is 0.441 e. The summed E-state index contributed by atoms with van der Waals surface area (Å²) < 4.78 is 5.50. The highest BCUT2D eigenvalue weighted by Crippen LogP contribution is 2.24. The van der Waals surface area contributed by atoms with E-state index >= 15 is 0 Å². The summed E-state index contributed by atoms with van der Waals surface area (Å²) in [5.74, 6) is 1.20. The average Bonchev–Trinajstić information content (AvgIpc) is 3.01. The third kappa shape index (κ3) is 2.11. The predicted octanol–water partition coefficient (Wildman–Crippen LogP) is 1.52. The summed E-state index contributed by atoms with van der Waals surface area (Å²) in [6.45, 7) is 1.67. The van der Waals surface area contributed by atoms with Gasteiger partial charge in [-0.05, 0) is 12.1 Å². The molecule has 0 fully saturated rings. The zero-order valence-electron chi connectivity index (χ0n) is 10.4. The highest BCUT2D eigenvalue weighted by Gasteiger charge is 2.11. The summed E-state index contributed by atoms with van der Waals surface area (Å²) in [6, 6.07) is 5.24. The molecule has 0 saturated heterocycles. The van der Waals surface area contributed by atoms with Gasteiger partial charge in [-0.15, -0.1) is 0 Å². The van der Waals surface area contributed by atoms with Crippen LogP contribution in [0, 0.1) is 6.92 Å². The molecule has 3 rings (SSSR count). The molecule has 3 aromatic rings. The normalized spacial score (nSPS) is 13.0. The third-order valence-electron chi connectivity index (χ3n) is 2.95. The molecule has 0 radical (unpaired) electrons. The van der Waals surface area contributed by atoms with E-state index in [2.05, 4.69) is 15.0 Å². The van der Waals surface area contributed by atoms with Crippen molar-refractivity contribution in [3.63, 3.8) is 0 Å². The Morgan fingerprint density at radius 3 is 3.11 bits per heavy atom. The summed E-state index contributed by atoms with van der Waals surface area (Å²) in [7, 11) is 0. The zero-order valence-corrected chi connectivity index (χ0v) is 10.4. The highest BCUT2D eigenvalue weighted by atomic mass is 16.3. The van der Waals surface area contributed by atoms with E-state index in [4.69, 9.17) is 15.3 Å². The molecule has 0 aliphatic carbocycles. The molecule has 2 heterocycles. The molecule has 0 aliphatic rings. The Morgan fingerprint density at radius 1 is 1.47 bits per heavy atom. The number of aliphatic hydroxyl groups excluding tert-OH is 1. The molecule has 0 aliphatic heterocycles. The van der Waals surface area contributed by atoms with Crippen molar-refractivity contribution in [1.82, 2.24) is 15.0 Å². The third-order valence-corrected chi connectivity index (χ3v) is 2.95. The van der Waals surface area contributed by atoms with E-state index in [1.807, 2.05) is 25.1 Å². The molecule has 4 N–H and O–H groups in total. The van der Waals surface area contributed by atoms with Gasteiger partial charge >= 0.3 is 0 Å². The second-order valence-electron chi connectivity index (χ2n) is 4.39. The molecule has 0 bridgehead atoms. The quantitative estimate of drug-likeness (QED) is 0.661. The maximum atomic E-state index is 9.00. The van der Waals surface area contributed by atoms with Crippen LogP contribution in [0.3, 0.4) is 0 Å². The van der Waals surface area contributed by atoms with Crippen LogP contribution in [0.2, 0.25) is 0 Å². The molecule has 0 spiro atoms. The maximum absolute atomic E-state index is 9.00. The van der Waals surface area contributed by atoms with Crippen LogP contribution in [0.25, 0.3) is 22.4 Å². The van der Waals surface area contributed by atoms with Gasteiger partial charge in [0.2, 0.25) is 0 Å². The van der Waals surface area contributed by atoms with Gasteiger partial charge in [0.25, 0.3) is 0 Å². The van der Waals surface area contributed by atoms with E-state index in [0.717, 1.165) is 22.4 Å². The van der Waals surface area contributed by atoms with Gasteiger partial charge in [-0.1, -0.05) is 6.07 Å². The Balaban J connectivity index is 2.01. The van der Waals surface area contributed by atoms with E-state index in [0.29, 0.717) is 11.7 Å². The number of aromatic nitrogens is 3. The second-order valence-corrected chi connectivity index (χ2v) is 4.39. The summed E-state index contributed by atoms with van der Waals surface area (Å²) in [5, 5.41) is 9.00. The molecular formula is C13H14N4O2. The van der Waals surface area contributed by atoms with Crippen LogP contribution >= 0.6 is 0 Å². The topological polar surface area (TPSA) is 101 Å². The predicted molar refractivity (Wildman–Crippen MR) is 70.3 cm³/mol. The van der Waals surface area contributed by atoms with Gasteiger partial charge in [0.15, 0.2) is 11.5 Å². The van der Waals surface area contributed by atoms with Gasteiger partial charge in [-0.25, -0.2) is 9.97 Å². The minimum atomic E-state index is -0.495. The van der Waals surface area contributed by atoms with Crippen LogP contribution in [0.15, 0.2) is 28.8 Å². The van der Waals surface area contributed by atoms with Crippen molar-refractivity contribution in [1.29, 1.82) is 0 Å². The average molecular weight is 258 g/mol. The van der Waals surface area contributed by atoms with Gasteiger partial charge in [-0.2, -0.15) is 0 Å². The van der Waals surface area contributed by atoms with Crippen molar-refractivity contribution < 1.29 is 9.52 Å². The number of nitrogens with two attached hydrogens (primary N) is 1. The summed E-state index contributed by atoms with van der Waals surface area (Å²) in [5.41, 5.74) is 9.03. The number of nitrogens with one attached hydrogen (secondary N) is 1. The van der Waals surface area contributed by atoms with Crippen LogP contribution in [-0.4, -0.2) is 26.7 Å². The lowest BCUT2D eigenvalue weighted by molar-refractivity contribution is 0.264. The first-order valence-corrected chi connectivity index (χ1v) is 5.96. The first-order valence-electron chi connectivity index (χ1n) is 5.96. The zero-order chi connectivity index (χ0) is 13.4. The molecule has 19 heavy (non-hydrogen) atoms. The number of nitrogens with zero attached hydrogens (tertiary/aromatic N) is 2. The Kier molecular flexibility index (Phi) is 2.81. The molecular weight excluding hydrogens is 244 g/mol. The maximum Gasteiger partial charge on any atom is 0.192 e. The molecule has 0 saturated carbocycles. The molecule has 1 unspecified atom stereocenters. The SMILES string of the molecule is Cc1nc2ccc(-c3cnc(C(N)CO)[nH]3)cc2o1. The van der Waals surface area contributed by atoms with Crippen LogP contribution < -0.4 is 5.73 Å². The lowest BCUT2D eigenvalue weighted by Crippen LogP contribution is -2.15. The summed E-state index contributed by atoms with van der Waals surface area (Å²) in [4.78, 5) is 11.5. The first kappa shape index (κ1) is 11.9. The number of H-pyrrole nitrogens is 1. The number of fused-ring (bicyclic) bond motifs is 1. The van der Waals surface area contributed by atoms with Crippen LogP contribution in [0.5, 0.6) is 0 Å². The molecule has 98 valence electrons. The van der Waals surface area contributed by atoms with Gasteiger partial charge in [0.05, 0.1) is 24.5 Å². The molecule has 0 amide bonds. The number of hydrogen-bond donors (Lipinski definition) is 3. The number of aliphatic hydroxyl groups is 1. The lowest BCUT2D eigenvalue weighted by atomic mass is 10.1. The van der Waals surface area contributed by atoms with Crippen molar-refractivity contribution in [2.75, 3.05) is 6.61 Å². The van der Waals surface area contributed by atoms with E-state index in [1.54, 1.807) is 6.20 Å². The number of hydrogen-bond acceptors (Lipinski definition) is 5. The lowest BCUT2D eigenvalue weighted by Gasteiger charge is -2.03. The van der Waals surface area contributed by atoms with E-state index < -0.39 is 6.04 Å². The molecule has 1 atom stereocenters. The monoisotopic (exact) mass is 258 g/mol. The number of oxazole rings is 1. The number of benzene rings is 1. The highest BCUT2D eigenvalue weighted by molar-refractivity contribution is 5.79. The Bertz CT molecular complexity index is 716. The standard InChI is InChI=1S/C13H14N4O2/c1-7-16-10-3-2-8(4-12(10)19-7)11-5-15-13(17-11)9(14)6-18/h2-5,9,18H,6,14H2,1H3,(H,15,17). The van der Waals surface area contributed by atoms with Crippen molar-refractivity contribution in [3.05, 3.63) is 36.1 Å². The van der Waals surface area contributed by atoms with E-state index in [1.165, 1.54) is 0 Å². The second kappa shape index (κ2) is 4.49. The van der Waals surface area contributed by atoms with E-state index in [-0.39, 0.29) is 6.61 Å². The molecule has 6 heteroatoms. The van der Waals surface area contributed by atoms with Gasteiger partial charge in [0.1, 0.15) is 11.3 Å². The van der Waals surface area contributed by atoms with Crippen molar-refractivity contribution in [2.24, 2.45) is 5.73 Å². The molecule has 6 nitrogen and oxygen atoms in total. The Hall–Kier alpha value is -2.18. The van der Waals surface area contributed by atoms with Crippen molar-refractivity contribution in [3.8, 4) is 11.3 Å². The minimum Gasteiger partial charge on any atom is -0.441 e. The molecule has 1 aromatic carbocycles. The Labute approximate surface area is 109 Å². The summed E-state index contributed by atoms with van der Waals surface area (Å²) in [6.07, 6.45) is 1.69. The molecule has 2 aromatic heterocycles. The fourth-order valence-corrected chi connectivity index (χ4v) is 1.97. The van der Waals surface area contributed by atoms with Crippen LogP contribution in [-0.2, 0) is 0 Å². The van der Waals surface area contributed by atoms with Crippen molar-refractivity contribution in [2.45, 2.75) is 13.0 Å². The number of rotatable bonds is 3. The Morgan fingerprint density at radius 2 is 2.32 bits per heavy atom. The number of aromatic amines is 1. The summed E-state index contributed by atoms with van der Waals surface area (Å²) >= 11 is 0. The minimum absolute atomic E-state index is 0.146. The fourth-order valence-electron chi connectivity index (χ4n) is 1.97.